The van der Waals surface area contributed by atoms with E-state index in [4.69, 9.17) is 0 Å². The monoisotopic (exact) mass is 484 g/mol. The lowest BCUT2D eigenvalue weighted by Gasteiger charge is -2.40. The molecule has 8 heteroatoms. The number of aliphatic hydroxyl groups is 1. The van der Waals surface area contributed by atoms with Gasteiger partial charge in [-0.25, -0.2) is 4.98 Å². The molecule has 1 aromatic carbocycles. The van der Waals surface area contributed by atoms with Gasteiger partial charge in [-0.05, 0) is 64.6 Å². The Labute approximate surface area is 206 Å². The van der Waals surface area contributed by atoms with E-state index in [-0.39, 0.29) is 29.9 Å². The molecule has 0 spiro atoms. The van der Waals surface area contributed by atoms with E-state index < -0.39 is 12.1 Å². The van der Waals surface area contributed by atoms with Gasteiger partial charge in [0.2, 0.25) is 11.8 Å². The molecule has 184 valence electrons. The van der Waals surface area contributed by atoms with E-state index in [0.29, 0.717) is 13.0 Å². The molecule has 4 atom stereocenters. The quantitative estimate of drug-likeness (QED) is 0.655. The van der Waals surface area contributed by atoms with Crippen LogP contribution in [0.4, 0.5) is 0 Å². The van der Waals surface area contributed by atoms with Crippen molar-refractivity contribution in [3.63, 3.8) is 0 Å². The van der Waals surface area contributed by atoms with Gasteiger partial charge in [-0.15, -0.1) is 11.3 Å². The number of nitrogens with zero attached hydrogens (tertiary/aromatic N) is 3. The Morgan fingerprint density at radius 2 is 1.85 bits per heavy atom. The number of hydrogen-bond acceptors (Lipinski definition) is 6. The first-order valence-electron chi connectivity index (χ1n) is 12.3. The maximum absolute atomic E-state index is 13.5. The summed E-state index contributed by atoms with van der Waals surface area (Å²) in [4.78, 5) is 36.1. The van der Waals surface area contributed by atoms with Crippen molar-refractivity contribution in [3.05, 3.63) is 41.0 Å². The highest BCUT2D eigenvalue weighted by atomic mass is 32.1. The number of nitrogens with one attached hydrogen (secondary N) is 1. The number of benzene rings is 1. The zero-order valence-corrected chi connectivity index (χ0v) is 21.3. The van der Waals surface area contributed by atoms with Gasteiger partial charge in [-0.2, -0.15) is 0 Å². The van der Waals surface area contributed by atoms with Crippen molar-refractivity contribution in [2.24, 2.45) is 0 Å². The van der Waals surface area contributed by atoms with E-state index in [2.05, 4.69) is 29.0 Å². The number of rotatable bonds is 6. The summed E-state index contributed by atoms with van der Waals surface area (Å²) in [7, 11) is 0. The lowest BCUT2D eigenvalue weighted by molar-refractivity contribution is -0.146. The van der Waals surface area contributed by atoms with Crippen LogP contribution in [0.2, 0.25) is 0 Å². The molecule has 3 heterocycles. The zero-order valence-electron chi connectivity index (χ0n) is 20.5. The highest BCUT2D eigenvalue weighted by Crippen LogP contribution is 2.29. The normalized spacial score (nSPS) is 24.4. The van der Waals surface area contributed by atoms with Gasteiger partial charge in [0.25, 0.3) is 0 Å². The van der Waals surface area contributed by atoms with Crippen LogP contribution in [-0.4, -0.2) is 69.0 Å². The molecular formula is C26H36N4O3S. The molecule has 4 rings (SSSR count). The van der Waals surface area contributed by atoms with Crippen molar-refractivity contribution in [2.45, 2.75) is 83.6 Å². The van der Waals surface area contributed by atoms with Gasteiger partial charge in [0.15, 0.2) is 0 Å². The van der Waals surface area contributed by atoms with Gasteiger partial charge in [0, 0.05) is 12.6 Å². The van der Waals surface area contributed by atoms with E-state index in [0.717, 1.165) is 47.5 Å². The molecule has 2 saturated heterocycles. The van der Waals surface area contributed by atoms with Crippen LogP contribution in [-0.2, 0) is 9.59 Å². The van der Waals surface area contributed by atoms with Crippen LogP contribution in [0.3, 0.4) is 0 Å². The summed E-state index contributed by atoms with van der Waals surface area (Å²) in [5.74, 6) is -0.317. The predicted octanol–water partition coefficient (Wildman–Crippen LogP) is 3.52. The first-order valence-corrected chi connectivity index (χ1v) is 13.2. The molecule has 2 N–H and O–H groups in total. The fraction of sp³-hybridized carbons (Fsp3) is 0.577. The Bertz CT molecular complexity index is 1010. The van der Waals surface area contributed by atoms with Crippen molar-refractivity contribution in [1.29, 1.82) is 0 Å². The summed E-state index contributed by atoms with van der Waals surface area (Å²) in [6, 6.07) is 7.08. The summed E-state index contributed by atoms with van der Waals surface area (Å²) >= 11 is 1.61. The molecule has 0 bridgehead atoms. The second-order valence-corrected chi connectivity index (χ2v) is 10.6. The molecule has 0 saturated carbocycles. The number of likely N-dealkylation sites (tertiary alicyclic amines) is 2. The molecule has 1 aromatic heterocycles. The Kier molecular flexibility index (Phi) is 7.70. The Balaban J connectivity index is 1.44. The molecule has 2 fully saturated rings. The molecule has 0 aliphatic carbocycles. The molecule has 2 aromatic rings. The van der Waals surface area contributed by atoms with Gasteiger partial charge in [-0.1, -0.05) is 30.7 Å². The third kappa shape index (κ3) is 5.04. The maximum atomic E-state index is 13.5. The highest BCUT2D eigenvalue weighted by molar-refractivity contribution is 7.13. The Hall–Kier alpha value is -2.29. The lowest BCUT2D eigenvalue weighted by Crippen LogP contribution is -2.57. The lowest BCUT2D eigenvalue weighted by atomic mass is 9.98. The van der Waals surface area contributed by atoms with Crippen molar-refractivity contribution in [2.75, 3.05) is 13.1 Å². The minimum Gasteiger partial charge on any atom is -0.390 e. The van der Waals surface area contributed by atoms with E-state index in [9.17, 15) is 14.7 Å². The molecule has 7 nitrogen and oxygen atoms in total. The Morgan fingerprint density at radius 3 is 2.50 bits per heavy atom. The minimum atomic E-state index is -0.844. The first kappa shape index (κ1) is 24.8. The smallest absolute Gasteiger partial charge is 0.245 e. The van der Waals surface area contributed by atoms with Crippen molar-refractivity contribution in [3.8, 4) is 10.4 Å². The zero-order chi connectivity index (χ0) is 24.4. The second kappa shape index (κ2) is 10.5. The Morgan fingerprint density at radius 1 is 1.12 bits per heavy atom. The van der Waals surface area contributed by atoms with Crippen LogP contribution >= 0.6 is 11.3 Å². The number of aryl methyl sites for hydroxylation is 1. The third-order valence-electron chi connectivity index (χ3n) is 7.19. The standard InChI is InChI=1S/C26H36N4O3S/c1-16(2)29-13-6-5-7-21(29)26(33)30-14-12-22(31)23(30)25(32)28-17(3)19-8-10-20(11-9-19)24-18(4)27-15-34-24/h8-11,15-17,21-23,31H,5-7,12-14H2,1-4H3,(H,28,32). The van der Waals surface area contributed by atoms with Crippen LogP contribution in [0.25, 0.3) is 10.4 Å². The predicted molar refractivity (Wildman–Crippen MR) is 134 cm³/mol. The molecule has 4 unspecified atom stereocenters. The molecule has 2 aliphatic rings. The van der Waals surface area contributed by atoms with Gasteiger partial charge >= 0.3 is 0 Å². The van der Waals surface area contributed by atoms with Gasteiger partial charge in [-0.3, -0.25) is 14.5 Å². The van der Waals surface area contributed by atoms with Crippen molar-refractivity contribution >= 4 is 23.2 Å². The van der Waals surface area contributed by atoms with Crippen molar-refractivity contribution in [1.82, 2.24) is 20.1 Å². The number of aliphatic hydroxyl groups excluding tert-OH is 1. The van der Waals surface area contributed by atoms with E-state index in [1.165, 1.54) is 0 Å². The topological polar surface area (TPSA) is 85.8 Å². The number of carbonyl (C=O) groups excluding carboxylic acids is 2. The summed E-state index contributed by atoms with van der Waals surface area (Å²) in [5.41, 5.74) is 4.93. The number of amides is 2. The van der Waals surface area contributed by atoms with Crippen molar-refractivity contribution < 1.29 is 14.7 Å². The van der Waals surface area contributed by atoms with Crippen LogP contribution in [0.5, 0.6) is 0 Å². The summed E-state index contributed by atoms with van der Waals surface area (Å²) in [5, 5.41) is 13.7. The van der Waals surface area contributed by atoms with Crippen LogP contribution in [0.15, 0.2) is 29.8 Å². The van der Waals surface area contributed by atoms with E-state index >= 15 is 0 Å². The number of piperidine rings is 1. The van der Waals surface area contributed by atoms with Crippen LogP contribution in [0.1, 0.15) is 63.8 Å². The van der Waals surface area contributed by atoms with Gasteiger partial charge in [0.1, 0.15) is 6.04 Å². The largest absolute Gasteiger partial charge is 0.390 e. The first-order chi connectivity index (χ1) is 16.3. The summed E-state index contributed by atoms with van der Waals surface area (Å²) in [6.07, 6.45) is 2.49. The van der Waals surface area contributed by atoms with Gasteiger partial charge < -0.3 is 15.3 Å². The van der Waals surface area contributed by atoms with Crippen LogP contribution in [0, 0.1) is 6.92 Å². The average Bonchev–Trinajstić information content (AvgIpc) is 3.43. The second-order valence-electron chi connectivity index (χ2n) is 9.79. The maximum Gasteiger partial charge on any atom is 0.245 e. The molecule has 2 amide bonds. The third-order valence-corrected chi connectivity index (χ3v) is 8.17. The molecule has 2 aliphatic heterocycles. The number of carbonyl (C=O) groups is 2. The molecular weight excluding hydrogens is 448 g/mol. The highest BCUT2D eigenvalue weighted by Gasteiger charge is 2.44. The van der Waals surface area contributed by atoms with E-state index in [1.807, 2.05) is 43.6 Å². The summed E-state index contributed by atoms with van der Waals surface area (Å²) in [6.45, 7) is 9.46. The average molecular weight is 485 g/mol. The van der Waals surface area contributed by atoms with Crippen LogP contribution < -0.4 is 5.32 Å². The SMILES string of the molecule is Cc1ncsc1-c1ccc(C(C)NC(=O)C2C(O)CCN2C(=O)C2CCCCN2C(C)C)cc1. The molecule has 0 radical (unpaired) electrons. The molecule has 34 heavy (non-hydrogen) atoms. The van der Waals surface area contributed by atoms with E-state index in [1.54, 1.807) is 16.2 Å². The minimum absolute atomic E-state index is 0.0259. The number of hydrogen-bond donors (Lipinski definition) is 2. The number of thiazole rings is 1. The summed E-state index contributed by atoms with van der Waals surface area (Å²) < 4.78 is 0. The number of aromatic nitrogens is 1. The fourth-order valence-electron chi connectivity index (χ4n) is 5.25. The fourth-order valence-corrected chi connectivity index (χ4v) is 6.06. The van der Waals surface area contributed by atoms with Gasteiger partial charge in [0.05, 0.1) is 34.3 Å².